The Morgan fingerprint density at radius 1 is 1.40 bits per heavy atom. The molecule has 0 amide bonds. The van der Waals surface area contributed by atoms with Crippen LogP contribution in [0.3, 0.4) is 0 Å². The molecule has 7 heteroatoms. The van der Waals surface area contributed by atoms with Gasteiger partial charge in [0, 0.05) is 29.7 Å². The quantitative estimate of drug-likeness (QED) is 0.930. The lowest BCUT2D eigenvalue weighted by Crippen LogP contribution is -2.43. The van der Waals surface area contributed by atoms with Gasteiger partial charge in [-0.2, -0.15) is 11.8 Å². The van der Waals surface area contributed by atoms with E-state index in [1.807, 2.05) is 11.9 Å². The molecule has 2 atom stereocenters. The number of hydrogen-bond donors (Lipinski definition) is 1. The van der Waals surface area contributed by atoms with Gasteiger partial charge in [-0.3, -0.25) is 4.90 Å². The van der Waals surface area contributed by atoms with Crippen LogP contribution in [-0.2, 0) is 0 Å². The van der Waals surface area contributed by atoms with Crippen molar-refractivity contribution < 1.29 is 23.0 Å². The van der Waals surface area contributed by atoms with Crippen LogP contribution in [0.4, 0.5) is 13.2 Å². The summed E-state index contributed by atoms with van der Waals surface area (Å²) in [6, 6.07) is 5.53. The number of alkyl halides is 3. The summed E-state index contributed by atoms with van der Waals surface area (Å²) in [7, 11) is 1.86. The first kappa shape index (κ1) is 15.5. The van der Waals surface area contributed by atoms with Gasteiger partial charge in [-0.1, -0.05) is 18.2 Å². The molecule has 0 aliphatic carbocycles. The van der Waals surface area contributed by atoms with Gasteiger partial charge in [0.15, 0.2) is 0 Å². The van der Waals surface area contributed by atoms with Gasteiger partial charge in [0.1, 0.15) is 5.75 Å². The summed E-state index contributed by atoms with van der Waals surface area (Å²) in [6.45, 7) is 0.800. The van der Waals surface area contributed by atoms with E-state index in [9.17, 15) is 18.3 Å². The maximum absolute atomic E-state index is 12.4. The van der Waals surface area contributed by atoms with Crippen molar-refractivity contribution in [1.29, 1.82) is 0 Å². The van der Waals surface area contributed by atoms with E-state index in [0.717, 1.165) is 12.3 Å². The largest absolute Gasteiger partial charge is 0.573 e. The molecule has 1 aromatic rings. The Bertz CT molecular complexity index is 455. The molecule has 3 nitrogen and oxygen atoms in total. The van der Waals surface area contributed by atoms with Gasteiger partial charge >= 0.3 is 6.36 Å². The number of hydrogen-bond acceptors (Lipinski definition) is 4. The van der Waals surface area contributed by atoms with Crippen LogP contribution in [0.5, 0.6) is 5.75 Å². The smallest absolute Gasteiger partial charge is 0.405 e. The average Bonchev–Trinajstić information content (AvgIpc) is 2.37. The van der Waals surface area contributed by atoms with Gasteiger partial charge in [-0.15, -0.1) is 13.2 Å². The molecule has 1 saturated heterocycles. The summed E-state index contributed by atoms with van der Waals surface area (Å²) in [5, 5.41) is 10.4. The summed E-state index contributed by atoms with van der Waals surface area (Å²) in [6.07, 6.45) is -5.77. The van der Waals surface area contributed by atoms with Gasteiger partial charge in [0.25, 0.3) is 0 Å². The predicted molar refractivity (Wildman–Crippen MR) is 71.8 cm³/mol. The number of benzene rings is 1. The molecule has 0 spiro atoms. The molecule has 1 N–H and O–H groups in total. The van der Waals surface area contributed by atoms with Crippen molar-refractivity contribution in [3.63, 3.8) is 0 Å². The molecular weight excluding hydrogens is 291 g/mol. The lowest BCUT2D eigenvalue weighted by atomic mass is 10.0. The second kappa shape index (κ2) is 6.24. The molecular formula is C13H16F3NO2S. The standard InChI is InChI=1S/C13H16F3NO2S/c1-17-6-7-20-8-10(17)12(18)9-4-2-3-5-11(9)19-13(14,15)16/h2-5,10,12,18H,6-8H2,1H3. The van der Waals surface area contributed by atoms with Crippen molar-refractivity contribution >= 4 is 11.8 Å². The number of nitrogens with zero attached hydrogens (tertiary/aromatic N) is 1. The Morgan fingerprint density at radius 3 is 2.75 bits per heavy atom. The molecule has 0 radical (unpaired) electrons. The monoisotopic (exact) mass is 307 g/mol. The average molecular weight is 307 g/mol. The molecule has 20 heavy (non-hydrogen) atoms. The minimum absolute atomic E-state index is 0.171. The van der Waals surface area contributed by atoms with Crippen molar-refractivity contribution in [1.82, 2.24) is 4.90 Å². The van der Waals surface area contributed by atoms with Crippen LogP contribution in [0, 0.1) is 0 Å². The Morgan fingerprint density at radius 2 is 2.10 bits per heavy atom. The molecule has 1 fully saturated rings. The SMILES string of the molecule is CN1CCSCC1C(O)c1ccccc1OC(F)(F)F. The Balaban J connectivity index is 2.22. The van der Waals surface area contributed by atoms with Crippen LogP contribution in [0.1, 0.15) is 11.7 Å². The van der Waals surface area contributed by atoms with Crippen LogP contribution < -0.4 is 4.74 Å². The summed E-state index contributed by atoms with van der Waals surface area (Å²) >= 11 is 1.68. The van der Waals surface area contributed by atoms with Crippen molar-refractivity contribution in [2.75, 3.05) is 25.1 Å². The molecule has 2 rings (SSSR count). The number of likely N-dealkylation sites (N-methyl/N-ethyl adjacent to an activating group) is 1. The van der Waals surface area contributed by atoms with E-state index >= 15 is 0 Å². The van der Waals surface area contributed by atoms with Gasteiger partial charge in [-0.25, -0.2) is 0 Å². The van der Waals surface area contributed by atoms with E-state index in [-0.39, 0.29) is 17.4 Å². The fraction of sp³-hybridized carbons (Fsp3) is 0.538. The Labute approximate surface area is 119 Å². The van der Waals surface area contributed by atoms with E-state index in [1.165, 1.54) is 18.2 Å². The molecule has 1 heterocycles. The lowest BCUT2D eigenvalue weighted by Gasteiger charge is -2.35. The molecule has 0 saturated carbocycles. The first-order valence-electron chi connectivity index (χ1n) is 6.19. The van der Waals surface area contributed by atoms with Crippen LogP contribution in [0.25, 0.3) is 0 Å². The highest BCUT2D eigenvalue weighted by molar-refractivity contribution is 7.99. The van der Waals surface area contributed by atoms with Crippen LogP contribution >= 0.6 is 11.8 Å². The van der Waals surface area contributed by atoms with Crippen molar-refractivity contribution in [2.45, 2.75) is 18.5 Å². The highest BCUT2D eigenvalue weighted by Gasteiger charge is 2.35. The zero-order valence-corrected chi connectivity index (χ0v) is 11.7. The van der Waals surface area contributed by atoms with Crippen LogP contribution in [0.15, 0.2) is 24.3 Å². The zero-order valence-electron chi connectivity index (χ0n) is 10.9. The number of thioether (sulfide) groups is 1. The lowest BCUT2D eigenvalue weighted by molar-refractivity contribution is -0.275. The third-order valence-corrected chi connectivity index (χ3v) is 4.32. The third-order valence-electron chi connectivity index (χ3n) is 3.27. The maximum atomic E-state index is 12.4. The molecule has 1 aromatic carbocycles. The Kier molecular flexibility index (Phi) is 4.82. The van der Waals surface area contributed by atoms with E-state index in [2.05, 4.69) is 4.74 Å². The summed E-state index contributed by atoms with van der Waals surface area (Å²) in [5.41, 5.74) is 0.171. The highest BCUT2D eigenvalue weighted by Crippen LogP contribution is 2.34. The van der Waals surface area contributed by atoms with E-state index < -0.39 is 12.5 Å². The van der Waals surface area contributed by atoms with Crippen molar-refractivity contribution in [3.8, 4) is 5.75 Å². The van der Waals surface area contributed by atoms with Gasteiger partial charge in [0.05, 0.1) is 6.10 Å². The van der Waals surface area contributed by atoms with Crippen LogP contribution in [0.2, 0.25) is 0 Å². The fourth-order valence-electron chi connectivity index (χ4n) is 2.19. The minimum Gasteiger partial charge on any atom is -0.405 e. The van der Waals surface area contributed by atoms with E-state index in [4.69, 9.17) is 0 Å². The number of para-hydroxylation sites is 1. The summed E-state index contributed by atoms with van der Waals surface area (Å²) in [4.78, 5) is 1.96. The number of aliphatic hydroxyl groups excluding tert-OH is 1. The minimum atomic E-state index is -4.76. The Hall–Kier alpha value is -0.920. The van der Waals surface area contributed by atoms with E-state index in [1.54, 1.807) is 17.8 Å². The molecule has 0 aromatic heterocycles. The highest BCUT2D eigenvalue weighted by atomic mass is 32.2. The third kappa shape index (κ3) is 3.80. The van der Waals surface area contributed by atoms with Gasteiger partial charge in [-0.05, 0) is 13.1 Å². The zero-order chi connectivity index (χ0) is 14.8. The maximum Gasteiger partial charge on any atom is 0.573 e. The van der Waals surface area contributed by atoms with Gasteiger partial charge < -0.3 is 9.84 Å². The number of aliphatic hydroxyl groups is 1. The van der Waals surface area contributed by atoms with Crippen molar-refractivity contribution in [2.24, 2.45) is 0 Å². The fourth-order valence-corrected chi connectivity index (χ4v) is 3.45. The second-order valence-corrected chi connectivity index (χ2v) is 5.80. The molecule has 1 aliphatic heterocycles. The number of rotatable bonds is 3. The number of halogens is 3. The molecule has 1 aliphatic rings. The summed E-state index contributed by atoms with van der Waals surface area (Å²) in [5.74, 6) is 1.30. The molecule has 112 valence electrons. The van der Waals surface area contributed by atoms with Gasteiger partial charge in [0.2, 0.25) is 0 Å². The topological polar surface area (TPSA) is 32.7 Å². The van der Waals surface area contributed by atoms with E-state index in [0.29, 0.717) is 5.75 Å². The van der Waals surface area contributed by atoms with Crippen LogP contribution in [-0.4, -0.2) is 47.5 Å². The molecule has 2 unspecified atom stereocenters. The summed E-state index contributed by atoms with van der Waals surface area (Å²) < 4.78 is 41.2. The normalized spacial score (nSPS) is 22.6. The molecule has 0 bridgehead atoms. The number of ether oxygens (including phenoxy) is 1. The first-order chi connectivity index (χ1) is 9.38. The second-order valence-electron chi connectivity index (χ2n) is 4.65. The predicted octanol–water partition coefficient (Wildman–Crippen LogP) is 2.67. The van der Waals surface area contributed by atoms with Crippen molar-refractivity contribution in [3.05, 3.63) is 29.8 Å². The first-order valence-corrected chi connectivity index (χ1v) is 7.34.